The Kier molecular flexibility index (Phi) is 6.19. The molecular formula is C22H29N3O3. The number of aryl methyl sites for hydroxylation is 1. The third-order valence-electron chi connectivity index (χ3n) is 5.47. The average Bonchev–Trinajstić information content (AvgIpc) is 3.02. The van der Waals surface area contributed by atoms with Gasteiger partial charge in [-0.15, -0.1) is 0 Å². The Bertz CT molecular complexity index is 838. The molecule has 3 rings (SSSR count). The van der Waals surface area contributed by atoms with Crippen LogP contribution in [0.4, 0.5) is 0 Å². The molecule has 0 aliphatic carbocycles. The van der Waals surface area contributed by atoms with Crippen LogP contribution in [-0.4, -0.2) is 66.1 Å². The molecule has 6 nitrogen and oxygen atoms in total. The van der Waals surface area contributed by atoms with Crippen LogP contribution in [0.3, 0.4) is 0 Å². The third kappa shape index (κ3) is 4.12. The molecule has 0 bridgehead atoms. The van der Waals surface area contributed by atoms with Crippen molar-refractivity contribution >= 4 is 11.8 Å². The number of benzene rings is 1. The molecule has 0 saturated carbocycles. The van der Waals surface area contributed by atoms with Gasteiger partial charge in [-0.2, -0.15) is 0 Å². The van der Waals surface area contributed by atoms with Gasteiger partial charge >= 0.3 is 0 Å². The predicted octanol–water partition coefficient (Wildman–Crippen LogP) is 2.65. The second kappa shape index (κ2) is 8.61. The minimum atomic E-state index is -0.124. The summed E-state index contributed by atoms with van der Waals surface area (Å²) in [6, 6.07) is 12.3. The Morgan fingerprint density at radius 2 is 1.79 bits per heavy atom. The number of aromatic nitrogens is 1. The summed E-state index contributed by atoms with van der Waals surface area (Å²) >= 11 is 0. The number of carbonyl (C=O) groups is 2. The largest absolute Gasteiger partial charge is 0.378 e. The van der Waals surface area contributed by atoms with Crippen LogP contribution in [-0.2, 0) is 9.53 Å². The summed E-state index contributed by atoms with van der Waals surface area (Å²) in [5, 5.41) is 0. The monoisotopic (exact) mass is 383 g/mol. The van der Waals surface area contributed by atoms with Crippen LogP contribution in [0.1, 0.15) is 40.3 Å². The number of amides is 2. The number of rotatable bonds is 5. The van der Waals surface area contributed by atoms with Crippen molar-refractivity contribution in [2.45, 2.75) is 26.8 Å². The van der Waals surface area contributed by atoms with E-state index in [0.717, 1.165) is 11.4 Å². The van der Waals surface area contributed by atoms with Gasteiger partial charge in [-0.25, -0.2) is 0 Å². The van der Waals surface area contributed by atoms with E-state index in [0.29, 0.717) is 31.9 Å². The van der Waals surface area contributed by atoms with Crippen LogP contribution in [0.2, 0.25) is 0 Å². The van der Waals surface area contributed by atoms with Gasteiger partial charge in [0.1, 0.15) is 0 Å². The van der Waals surface area contributed by atoms with Crippen LogP contribution in [0.25, 0.3) is 0 Å². The summed E-state index contributed by atoms with van der Waals surface area (Å²) in [6.07, 6.45) is 0. The first-order valence-corrected chi connectivity index (χ1v) is 9.74. The summed E-state index contributed by atoms with van der Waals surface area (Å²) in [6.45, 7) is 8.49. The van der Waals surface area contributed by atoms with E-state index < -0.39 is 0 Å². The number of likely N-dealkylation sites (N-methyl/N-ethyl adjacent to an activating group) is 1. The molecular weight excluding hydrogens is 354 g/mol. The van der Waals surface area contributed by atoms with E-state index in [9.17, 15) is 9.59 Å². The lowest BCUT2D eigenvalue weighted by Gasteiger charge is -2.28. The van der Waals surface area contributed by atoms with Crippen molar-refractivity contribution in [3.63, 3.8) is 0 Å². The molecule has 0 N–H and O–H groups in total. The fraction of sp³-hybridized carbons (Fsp3) is 0.455. The van der Waals surface area contributed by atoms with Crippen molar-refractivity contribution in [2.75, 3.05) is 39.9 Å². The van der Waals surface area contributed by atoms with Crippen molar-refractivity contribution in [1.82, 2.24) is 14.4 Å². The number of ether oxygens (including phenoxy) is 1. The quantitative estimate of drug-likeness (QED) is 0.798. The van der Waals surface area contributed by atoms with Gasteiger partial charge in [0.05, 0.1) is 31.4 Å². The Morgan fingerprint density at radius 3 is 2.43 bits per heavy atom. The van der Waals surface area contributed by atoms with Crippen LogP contribution in [0.15, 0.2) is 36.4 Å². The zero-order chi connectivity index (χ0) is 20.3. The summed E-state index contributed by atoms with van der Waals surface area (Å²) in [7, 11) is 1.69. The van der Waals surface area contributed by atoms with Gasteiger partial charge in [0.2, 0.25) is 5.91 Å². The lowest BCUT2D eigenvalue weighted by molar-refractivity contribution is -0.135. The van der Waals surface area contributed by atoms with E-state index in [1.165, 1.54) is 10.5 Å². The van der Waals surface area contributed by atoms with Gasteiger partial charge in [-0.3, -0.25) is 9.59 Å². The van der Waals surface area contributed by atoms with E-state index in [2.05, 4.69) is 23.6 Å². The highest BCUT2D eigenvalue weighted by molar-refractivity contribution is 5.97. The van der Waals surface area contributed by atoms with E-state index in [1.807, 2.05) is 38.1 Å². The van der Waals surface area contributed by atoms with Gasteiger partial charge < -0.3 is 19.1 Å². The predicted molar refractivity (Wildman–Crippen MR) is 109 cm³/mol. The van der Waals surface area contributed by atoms with Crippen molar-refractivity contribution in [1.29, 1.82) is 0 Å². The Morgan fingerprint density at radius 1 is 1.14 bits per heavy atom. The summed E-state index contributed by atoms with van der Waals surface area (Å²) in [5.41, 5.74) is 3.80. The first-order chi connectivity index (χ1) is 13.4. The average molecular weight is 383 g/mol. The fourth-order valence-electron chi connectivity index (χ4n) is 3.86. The molecule has 2 aromatic rings. The van der Waals surface area contributed by atoms with Crippen LogP contribution >= 0.6 is 0 Å². The van der Waals surface area contributed by atoms with Gasteiger partial charge in [0.25, 0.3) is 5.91 Å². The molecule has 150 valence electrons. The molecule has 1 fully saturated rings. The Balaban J connectivity index is 1.76. The minimum Gasteiger partial charge on any atom is -0.378 e. The van der Waals surface area contributed by atoms with Crippen molar-refractivity contribution in [2.24, 2.45) is 0 Å². The van der Waals surface area contributed by atoms with E-state index in [4.69, 9.17) is 4.74 Å². The van der Waals surface area contributed by atoms with Gasteiger partial charge in [-0.05, 0) is 32.4 Å². The van der Waals surface area contributed by atoms with Crippen LogP contribution < -0.4 is 0 Å². The molecule has 2 heterocycles. The molecule has 0 spiro atoms. The first kappa shape index (κ1) is 20.1. The van der Waals surface area contributed by atoms with E-state index in [1.54, 1.807) is 11.9 Å². The lowest BCUT2D eigenvalue weighted by atomic mass is 10.1. The second-order valence-electron chi connectivity index (χ2n) is 7.40. The molecule has 1 aromatic carbocycles. The second-order valence-corrected chi connectivity index (χ2v) is 7.40. The number of nitrogens with zero attached hydrogens (tertiary/aromatic N) is 3. The van der Waals surface area contributed by atoms with Crippen molar-refractivity contribution in [3.8, 4) is 0 Å². The molecule has 1 unspecified atom stereocenters. The van der Waals surface area contributed by atoms with Crippen LogP contribution in [0.5, 0.6) is 0 Å². The van der Waals surface area contributed by atoms with E-state index >= 15 is 0 Å². The zero-order valence-electron chi connectivity index (χ0n) is 17.1. The molecule has 1 aliphatic heterocycles. The fourth-order valence-corrected chi connectivity index (χ4v) is 3.86. The minimum absolute atomic E-state index is 0.0365. The molecule has 1 aromatic heterocycles. The number of hydrogen-bond donors (Lipinski definition) is 0. The molecule has 2 amide bonds. The highest BCUT2D eigenvalue weighted by atomic mass is 16.5. The normalized spacial score (nSPS) is 15.4. The molecule has 1 saturated heterocycles. The molecule has 0 radical (unpaired) electrons. The van der Waals surface area contributed by atoms with Gasteiger partial charge in [0, 0.05) is 31.5 Å². The lowest BCUT2D eigenvalue weighted by Crippen LogP contribution is -2.46. The van der Waals surface area contributed by atoms with Crippen molar-refractivity contribution < 1.29 is 14.3 Å². The van der Waals surface area contributed by atoms with Gasteiger partial charge in [-0.1, -0.05) is 30.3 Å². The molecule has 1 atom stereocenters. The first-order valence-electron chi connectivity index (χ1n) is 9.74. The summed E-state index contributed by atoms with van der Waals surface area (Å²) < 4.78 is 7.47. The smallest absolute Gasteiger partial charge is 0.255 e. The Hall–Kier alpha value is -2.60. The van der Waals surface area contributed by atoms with Crippen LogP contribution in [0, 0.1) is 13.8 Å². The summed E-state index contributed by atoms with van der Waals surface area (Å²) in [4.78, 5) is 28.8. The number of carbonyl (C=O) groups excluding carboxylic acids is 2. The maximum Gasteiger partial charge on any atom is 0.255 e. The van der Waals surface area contributed by atoms with Crippen molar-refractivity contribution in [3.05, 3.63) is 58.9 Å². The SMILES string of the molecule is Cc1cc(C(=O)N(C)CC(=O)N2CCOCC2)c(C)n1C(C)c1ccccc1. The standard InChI is InChI=1S/C22H29N3O3/c1-16-14-20(18(3)25(16)17(2)19-8-6-5-7-9-19)22(27)23(4)15-21(26)24-10-12-28-13-11-24/h5-9,14,17H,10-13,15H2,1-4H3. The third-order valence-corrected chi connectivity index (χ3v) is 5.47. The maximum atomic E-state index is 13.0. The highest BCUT2D eigenvalue weighted by Crippen LogP contribution is 2.26. The highest BCUT2D eigenvalue weighted by Gasteiger charge is 2.25. The number of morpholine rings is 1. The molecule has 28 heavy (non-hydrogen) atoms. The number of hydrogen-bond acceptors (Lipinski definition) is 3. The Labute approximate surface area is 166 Å². The topological polar surface area (TPSA) is 54.8 Å². The van der Waals surface area contributed by atoms with E-state index in [-0.39, 0.29) is 24.4 Å². The molecule has 1 aliphatic rings. The zero-order valence-corrected chi connectivity index (χ0v) is 17.1. The summed E-state index contributed by atoms with van der Waals surface area (Å²) in [5.74, 6) is -0.160. The molecule has 6 heteroatoms. The maximum absolute atomic E-state index is 13.0. The van der Waals surface area contributed by atoms with Gasteiger partial charge in [0.15, 0.2) is 0 Å².